The summed E-state index contributed by atoms with van der Waals surface area (Å²) in [4.78, 5) is 9.08. The van der Waals surface area contributed by atoms with Crippen molar-refractivity contribution in [1.29, 1.82) is 0 Å². The van der Waals surface area contributed by atoms with Crippen molar-refractivity contribution in [1.82, 2.24) is 20.8 Å². The summed E-state index contributed by atoms with van der Waals surface area (Å²) in [5.74, 6) is 4.31. The second-order valence-corrected chi connectivity index (χ2v) is 7.71. The molecule has 1 aliphatic carbocycles. The fourth-order valence-electron chi connectivity index (χ4n) is 3.31. The molecule has 1 aromatic rings. The van der Waals surface area contributed by atoms with Crippen LogP contribution in [0.5, 0.6) is 0 Å². The molecule has 1 fully saturated rings. The van der Waals surface area contributed by atoms with Crippen LogP contribution in [0.3, 0.4) is 0 Å². The van der Waals surface area contributed by atoms with E-state index in [1.165, 1.54) is 25.7 Å². The molecule has 1 aliphatic rings. The third-order valence-electron chi connectivity index (χ3n) is 5.00. The molecule has 0 spiro atoms. The molecular formula is C19H35N5O. The molecule has 6 nitrogen and oxygen atoms in total. The quantitative estimate of drug-likeness (QED) is 0.582. The van der Waals surface area contributed by atoms with E-state index in [0.717, 1.165) is 30.2 Å². The van der Waals surface area contributed by atoms with Gasteiger partial charge >= 0.3 is 0 Å². The van der Waals surface area contributed by atoms with Crippen LogP contribution in [-0.2, 0) is 6.42 Å². The fraction of sp³-hybridized carbons (Fsp3) is 0.842. The molecule has 0 radical (unpaired) electrons. The van der Waals surface area contributed by atoms with Crippen LogP contribution in [-0.4, -0.2) is 35.2 Å². The van der Waals surface area contributed by atoms with Gasteiger partial charge in [-0.05, 0) is 44.4 Å². The SMILES string of the molecule is CCNC(=NCCc1nc(C(C)C)no1)NC1CCC(C(C)C)CC1. The molecule has 25 heavy (non-hydrogen) atoms. The highest BCUT2D eigenvalue weighted by atomic mass is 16.5. The van der Waals surface area contributed by atoms with Gasteiger partial charge in [-0.25, -0.2) is 0 Å². The third kappa shape index (κ3) is 6.33. The molecule has 1 saturated carbocycles. The summed E-state index contributed by atoms with van der Waals surface area (Å²) in [5, 5.41) is 10.9. The summed E-state index contributed by atoms with van der Waals surface area (Å²) in [6.45, 7) is 12.4. The first-order valence-corrected chi connectivity index (χ1v) is 9.86. The fourth-order valence-corrected chi connectivity index (χ4v) is 3.31. The van der Waals surface area contributed by atoms with Crippen molar-refractivity contribution in [2.45, 2.75) is 78.7 Å². The van der Waals surface area contributed by atoms with Crippen molar-refractivity contribution in [2.75, 3.05) is 13.1 Å². The zero-order valence-corrected chi connectivity index (χ0v) is 16.5. The largest absolute Gasteiger partial charge is 0.357 e. The number of hydrogen-bond acceptors (Lipinski definition) is 4. The molecular weight excluding hydrogens is 314 g/mol. The number of rotatable bonds is 7. The predicted molar refractivity (Wildman–Crippen MR) is 102 cm³/mol. The molecule has 0 atom stereocenters. The Bertz CT molecular complexity index is 530. The lowest BCUT2D eigenvalue weighted by molar-refractivity contribution is 0.250. The highest BCUT2D eigenvalue weighted by molar-refractivity contribution is 5.80. The Kier molecular flexibility index (Phi) is 7.72. The van der Waals surface area contributed by atoms with E-state index >= 15 is 0 Å². The van der Waals surface area contributed by atoms with Crippen LogP contribution in [0.25, 0.3) is 0 Å². The van der Waals surface area contributed by atoms with Crippen LogP contribution in [0.2, 0.25) is 0 Å². The third-order valence-corrected chi connectivity index (χ3v) is 5.00. The minimum Gasteiger partial charge on any atom is -0.357 e. The van der Waals surface area contributed by atoms with Crippen molar-refractivity contribution in [3.63, 3.8) is 0 Å². The molecule has 1 aromatic heterocycles. The smallest absolute Gasteiger partial charge is 0.228 e. The van der Waals surface area contributed by atoms with Crippen LogP contribution in [0.15, 0.2) is 9.52 Å². The number of aromatic nitrogens is 2. The Morgan fingerprint density at radius 2 is 1.92 bits per heavy atom. The summed E-state index contributed by atoms with van der Waals surface area (Å²) in [6, 6.07) is 0.531. The first kappa shape index (κ1) is 19.7. The van der Waals surface area contributed by atoms with E-state index in [4.69, 9.17) is 4.52 Å². The highest BCUT2D eigenvalue weighted by Gasteiger charge is 2.23. The van der Waals surface area contributed by atoms with Crippen molar-refractivity contribution in [3.8, 4) is 0 Å². The Balaban J connectivity index is 1.81. The van der Waals surface area contributed by atoms with E-state index in [-0.39, 0.29) is 0 Å². The second kappa shape index (κ2) is 9.78. The first-order valence-electron chi connectivity index (χ1n) is 9.86. The molecule has 6 heteroatoms. The molecule has 142 valence electrons. The van der Waals surface area contributed by atoms with Gasteiger partial charge in [0.2, 0.25) is 5.89 Å². The summed E-state index contributed by atoms with van der Waals surface area (Å²) in [5.41, 5.74) is 0. The van der Waals surface area contributed by atoms with Gasteiger partial charge in [0, 0.05) is 24.9 Å². The number of nitrogens with zero attached hydrogens (tertiary/aromatic N) is 3. The maximum Gasteiger partial charge on any atom is 0.228 e. The van der Waals surface area contributed by atoms with Gasteiger partial charge in [0.15, 0.2) is 11.8 Å². The number of nitrogens with one attached hydrogen (secondary N) is 2. The molecule has 0 unspecified atom stereocenters. The van der Waals surface area contributed by atoms with Crippen molar-refractivity contribution in [2.24, 2.45) is 16.8 Å². The maximum absolute atomic E-state index is 5.28. The Labute approximate surface area is 152 Å². The van der Waals surface area contributed by atoms with Gasteiger partial charge in [-0.1, -0.05) is 32.9 Å². The summed E-state index contributed by atoms with van der Waals surface area (Å²) in [6.07, 6.45) is 5.77. The van der Waals surface area contributed by atoms with Gasteiger partial charge in [0.25, 0.3) is 0 Å². The molecule has 0 bridgehead atoms. The standard InChI is InChI=1S/C19H35N5O/c1-6-20-19(22-16-9-7-15(8-10-16)13(2)3)21-12-11-17-23-18(14(4)5)24-25-17/h13-16H,6-12H2,1-5H3,(H2,20,21,22). The Hall–Kier alpha value is -1.59. The molecule has 0 aliphatic heterocycles. The minimum atomic E-state index is 0.293. The van der Waals surface area contributed by atoms with Crippen LogP contribution in [0.4, 0.5) is 0 Å². The average Bonchev–Trinajstić information content (AvgIpc) is 3.05. The number of hydrogen-bond donors (Lipinski definition) is 2. The normalized spacial score (nSPS) is 21.8. The lowest BCUT2D eigenvalue weighted by Gasteiger charge is -2.32. The topological polar surface area (TPSA) is 75.3 Å². The zero-order chi connectivity index (χ0) is 18.2. The second-order valence-electron chi connectivity index (χ2n) is 7.71. The first-order chi connectivity index (χ1) is 12.0. The summed E-state index contributed by atoms with van der Waals surface area (Å²) < 4.78 is 5.28. The molecule has 0 saturated heterocycles. The highest BCUT2D eigenvalue weighted by Crippen LogP contribution is 2.29. The number of guanidine groups is 1. The number of aliphatic imine (C=N–C) groups is 1. The Morgan fingerprint density at radius 1 is 1.20 bits per heavy atom. The van der Waals surface area contributed by atoms with Crippen LogP contribution in [0, 0.1) is 11.8 Å². The summed E-state index contributed by atoms with van der Waals surface area (Å²) >= 11 is 0. The predicted octanol–water partition coefficient (Wildman–Crippen LogP) is 3.51. The van der Waals surface area contributed by atoms with E-state index in [0.29, 0.717) is 30.8 Å². The van der Waals surface area contributed by atoms with Gasteiger partial charge in [0.1, 0.15) is 0 Å². The van der Waals surface area contributed by atoms with E-state index in [9.17, 15) is 0 Å². The van der Waals surface area contributed by atoms with Gasteiger partial charge in [-0.15, -0.1) is 0 Å². The van der Waals surface area contributed by atoms with E-state index in [1.807, 2.05) is 0 Å². The maximum atomic E-state index is 5.28. The van der Waals surface area contributed by atoms with Crippen molar-refractivity contribution in [3.05, 3.63) is 11.7 Å². The lowest BCUT2D eigenvalue weighted by Crippen LogP contribution is -2.45. The van der Waals surface area contributed by atoms with Crippen LogP contribution >= 0.6 is 0 Å². The van der Waals surface area contributed by atoms with Crippen molar-refractivity contribution >= 4 is 5.96 Å². The molecule has 2 rings (SSSR count). The minimum absolute atomic E-state index is 0.293. The van der Waals surface area contributed by atoms with Crippen LogP contribution < -0.4 is 10.6 Å². The Morgan fingerprint density at radius 3 is 2.48 bits per heavy atom. The van der Waals surface area contributed by atoms with E-state index in [2.05, 4.69) is 60.4 Å². The monoisotopic (exact) mass is 349 g/mol. The van der Waals surface area contributed by atoms with Gasteiger partial charge in [0.05, 0.1) is 6.54 Å². The molecule has 2 N–H and O–H groups in total. The molecule has 0 amide bonds. The van der Waals surface area contributed by atoms with E-state index in [1.54, 1.807) is 0 Å². The van der Waals surface area contributed by atoms with Gasteiger partial charge in [-0.2, -0.15) is 4.98 Å². The molecule has 1 heterocycles. The molecule has 0 aromatic carbocycles. The summed E-state index contributed by atoms with van der Waals surface area (Å²) in [7, 11) is 0. The van der Waals surface area contributed by atoms with Gasteiger partial charge in [-0.3, -0.25) is 4.99 Å². The van der Waals surface area contributed by atoms with Crippen LogP contribution in [0.1, 0.15) is 77.9 Å². The lowest BCUT2D eigenvalue weighted by atomic mass is 9.80. The zero-order valence-electron chi connectivity index (χ0n) is 16.5. The average molecular weight is 350 g/mol. The van der Waals surface area contributed by atoms with E-state index < -0.39 is 0 Å². The van der Waals surface area contributed by atoms with Gasteiger partial charge < -0.3 is 15.2 Å². The van der Waals surface area contributed by atoms with Crippen molar-refractivity contribution < 1.29 is 4.52 Å².